The van der Waals surface area contributed by atoms with E-state index in [9.17, 15) is 9.59 Å². The van der Waals surface area contributed by atoms with Gasteiger partial charge < -0.3 is 17.4 Å². The maximum atomic E-state index is 10.8. The molecule has 0 spiro atoms. The second-order valence-corrected chi connectivity index (χ2v) is 1.95. The predicted octanol–water partition coefficient (Wildman–Crippen LogP) is -2.98. The molecule has 60 valence electrons. The summed E-state index contributed by atoms with van der Waals surface area (Å²) >= 11 is 0. The lowest BCUT2D eigenvalue weighted by atomic mass is 10.5. The zero-order valence-corrected chi connectivity index (χ0v) is 5.52. The highest BCUT2D eigenvalue weighted by atomic mass is 16.2. The molecule has 0 atom stereocenters. The van der Waals surface area contributed by atoms with Crippen LogP contribution in [-0.4, -0.2) is 9.35 Å². The van der Waals surface area contributed by atoms with Crippen LogP contribution in [-0.2, 0) is 0 Å². The van der Waals surface area contributed by atoms with Gasteiger partial charge in [0.05, 0.1) is 6.20 Å². The van der Waals surface area contributed by atoms with Crippen molar-refractivity contribution < 1.29 is 0 Å². The molecule has 0 saturated carbocycles. The molecule has 0 aliphatic carbocycles. The highest BCUT2D eigenvalue weighted by Gasteiger charge is 2.02. The fraction of sp³-hybridized carbons (Fsp3) is 0. The lowest BCUT2D eigenvalue weighted by Crippen LogP contribution is -2.47. The molecular formula is C4H7N5O2. The molecule has 1 aromatic heterocycles. The molecule has 1 heterocycles. The molecule has 11 heavy (non-hydrogen) atoms. The third-order valence-corrected chi connectivity index (χ3v) is 1.17. The van der Waals surface area contributed by atoms with Crippen molar-refractivity contribution in [1.82, 2.24) is 9.35 Å². The zero-order chi connectivity index (χ0) is 8.59. The number of hydrogen-bond acceptors (Lipinski definition) is 5. The quantitative estimate of drug-likeness (QED) is 0.347. The summed E-state index contributed by atoms with van der Waals surface area (Å²) < 4.78 is 0.978. The van der Waals surface area contributed by atoms with E-state index in [4.69, 9.17) is 17.4 Å². The summed E-state index contributed by atoms with van der Waals surface area (Å²) in [5.41, 5.74) is 3.40. The van der Waals surface area contributed by atoms with Crippen LogP contribution < -0.4 is 28.7 Å². The number of nitrogens with two attached hydrogens (primary N) is 3. The average Bonchev–Trinajstić information content (AvgIpc) is 1.97. The van der Waals surface area contributed by atoms with E-state index in [1.165, 1.54) is 0 Å². The Kier molecular flexibility index (Phi) is 1.34. The first-order valence-electron chi connectivity index (χ1n) is 2.68. The van der Waals surface area contributed by atoms with Gasteiger partial charge in [-0.3, -0.25) is 4.79 Å². The number of hydrogen-bond donors (Lipinski definition) is 3. The molecule has 0 radical (unpaired) electrons. The number of aromatic nitrogens is 2. The topological polar surface area (TPSA) is 122 Å². The van der Waals surface area contributed by atoms with E-state index in [1.807, 2.05) is 0 Å². The Morgan fingerprint density at radius 3 is 2.36 bits per heavy atom. The first-order chi connectivity index (χ1) is 5.04. The molecule has 0 aromatic carbocycles. The molecule has 6 N–H and O–H groups in total. The summed E-state index contributed by atoms with van der Waals surface area (Å²) in [6.07, 6.45) is 1.01. The van der Waals surface area contributed by atoms with Crippen LogP contribution >= 0.6 is 0 Å². The van der Waals surface area contributed by atoms with Crippen molar-refractivity contribution in [3.05, 3.63) is 27.0 Å². The van der Waals surface area contributed by atoms with E-state index in [-0.39, 0.29) is 5.69 Å². The standard InChI is InChI=1S/C4H7N5O2/c5-2-1-8(6)4(11)9(7)3(2)10/h1H,5-7H2. The average molecular weight is 157 g/mol. The summed E-state index contributed by atoms with van der Waals surface area (Å²) in [6, 6.07) is 0. The molecule has 0 amide bonds. The van der Waals surface area contributed by atoms with Crippen LogP contribution in [0.15, 0.2) is 15.8 Å². The summed E-state index contributed by atoms with van der Waals surface area (Å²) in [5.74, 6) is 10.1. The first kappa shape index (κ1) is 7.19. The van der Waals surface area contributed by atoms with E-state index in [1.54, 1.807) is 0 Å². The van der Waals surface area contributed by atoms with Gasteiger partial charge in [0.2, 0.25) is 0 Å². The molecule has 0 unspecified atom stereocenters. The Morgan fingerprint density at radius 1 is 1.27 bits per heavy atom. The van der Waals surface area contributed by atoms with Crippen molar-refractivity contribution in [1.29, 1.82) is 0 Å². The summed E-state index contributed by atoms with van der Waals surface area (Å²) in [7, 11) is 0. The van der Waals surface area contributed by atoms with Gasteiger partial charge in [-0.25, -0.2) is 9.47 Å². The Labute approximate surface area is 60.6 Å². The van der Waals surface area contributed by atoms with Gasteiger partial charge in [0.15, 0.2) is 0 Å². The molecule has 0 aliphatic heterocycles. The first-order valence-corrected chi connectivity index (χ1v) is 2.68. The molecule has 7 nitrogen and oxygen atoms in total. The number of anilines is 1. The minimum atomic E-state index is -0.816. The van der Waals surface area contributed by atoms with Crippen LogP contribution in [0, 0.1) is 0 Å². The van der Waals surface area contributed by atoms with Gasteiger partial charge in [-0.05, 0) is 0 Å². The summed E-state index contributed by atoms with van der Waals surface area (Å²) in [6.45, 7) is 0. The number of rotatable bonds is 0. The fourth-order valence-electron chi connectivity index (χ4n) is 0.611. The van der Waals surface area contributed by atoms with Crippen molar-refractivity contribution in [2.24, 2.45) is 0 Å². The van der Waals surface area contributed by atoms with E-state index >= 15 is 0 Å². The van der Waals surface area contributed by atoms with Crippen molar-refractivity contribution >= 4 is 5.69 Å². The summed E-state index contributed by atoms with van der Waals surface area (Å²) in [5, 5.41) is 0. The minimum absolute atomic E-state index is 0.172. The van der Waals surface area contributed by atoms with Gasteiger partial charge in [0.25, 0.3) is 5.56 Å². The Hall–Kier alpha value is -1.92. The second-order valence-electron chi connectivity index (χ2n) is 1.95. The van der Waals surface area contributed by atoms with E-state index in [2.05, 4.69) is 0 Å². The van der Waals surface area contributed by atoms with Crippen LogP contribution in [0.1, 0.15) is 0 Å². The van der Waals surface area contributed by atoms with Crippen molar-refractivity contribution in [2.75, 3.05) is 17.4 Å². The normalized spacial score (nSPS) is 9.82. The third-order valence-electron chi connectivity index (χ3n) is 1.17. The SMILES string of the molecule is Nc1cn(N)c(=O)n(N)c1=O. The third kappa shape index (κ3) is 0.914. The molecule has 7 heteroatoms. The lowest BCUT2D eigenvalue weighted by Gasteiger charge is -2.00. The minimum Gasteiger partial charge on any atom is -0.393 e. The highest BCUT2D eigenvalue weighted by Crippen LogP contribution is 1.81. The van der Waals surface area contributed by atoms with Crippen LogP contribution in [0.25, 0.3) is 0 Å². The Morgan fingerprint density at radius 2 is 1.82 bits per heavy atom. The fourth-order valence-corrected chi connectivity index (χ4v) is 0.611. The maximum Gasteiger partial charge on any atom is 0.368 e. The molecule has 1 rings (SSSR count). The largest absolute Gasteiger partial charge is 0.393 e. The summed E-state index contributed by atoms with van der Waals surface area (Å²) in [4.78, 5) is 21.5. The van der Waals surface area contributed by atoms with Crippen LogP contribution in [0.2, 0.25) is 0 Å². The molecular weight excluding hydrogens is 150 g/mol. The van der Waals surface area contributed by atoms with E-state index in [0.717, 1.165) is 6.20 Å². The highest BCUT2D eigenvalue weighted by molar-refractivity contribution is 5.30. The Bertz CT molecular complexity index is 354. The molecule has 0 saturated heterocycles. The van der Waals surface area contributed by atoms with Crippen molar-refractivity contribution in [3.8, 4) is 0 Å². The van der Waals surface area contributed by atoms with Crippen LogP contribution in [0.3, 0.4) is 0 Å². The Balaban J connectivity index is 3.74. The van der Waals surface area contributed by atoms with Gasteiger partial charge in [0.1, 0.15) is 5.69 Å². The van der Waals surface area contributed by atoms with Crippen LogP contribution in [0.5, 0.6) is 0 Å². The van der Waals surface area contributed by atoms with E-state index < -0.39 is 11.2 Å². The monoisotopic (exact) mass is 157 g/mol. The zero-order valence-electron chi connectivity index (χ0n) is 5.52. The van der Waals surface area contributed by atoms with Gasteiger partial charge >= 0.3 is 5.69 Å². The molecule has 0 fully saturated rings. The van der Waals surface area contributed by atoms with Gasteiger partial charge in [0, 0.05) is 0 Å². The number of nitrogens with zero attached hydrogens (tertiary/aromatic N) is 2. The maximum absolute atomic E-state index is 10.8. The predicted molar refractivity (Wildman–Crippen MR) is 39.7 cm³/mol. The molecule has 0 bridgehead atoms. The van der Waals surface area contributed by atoms with Gasteiger partial charge in [-0.1, -0.05) is 0 Å². The van der Waals surface area contributed by atoms with Crippen molar-refractivity contribution in [2.45, 2.75) is 0 Å². The van der Waals surface area contributed by atoms with Crippen LogP contribution in [0.4, 0.5) is 5.69 Å². The second kappa shape index (κ2) is 2.04. The van der Waals surface area contributed by atoms with Gasteiger partial charge in [-0.2, -0.15) is 4.68 Å². The lowest BCUT2D eigenvalue weighted by molar-refractivity contribution is 0.754. The van der Waals surface area contributed by atoms with E-state index in [0.29, 0.717) is 9.35 Å². The molecule has 1 aromatic rings. The smallest absolute Gasteiger partial charge is 0.368 e. The number of nitrogen functional groups attached to an aromatic ring is 3. The van der Waals surface area contributed by atoms with Gasteiger partial charge in [-0.15, -0.1) is 0 Å². The molecule has 0 aliphatic rings. The van der Waals surface area contributed by atoms with Crippen molar-refractivity contribution in [3.63, 3.8) is 0 Å².